The number of nitrogens with one attached hydrogen (secondary N) is 1. The zero-order valence-corrected chi connectivity index (χ0v) is 16.6. The molecule has 3 rings (SSSR count). The third-order valence-electron chi connectivity index (χ3n) is 5.68. The number of hydrogen-bond donors (Lipinski definition) is 4. The minimum absolute atomic E-state index is 0.124. The first-order chi connectivity index (χ1) is 12.8. The summed E-state index contributed by atoms with van der Waals surface area (Å²) in [6.07, 6.45) is 1.44. The molecule has 1 aromatic carbocycles. The van der Waals surface area contributed by atoms with Gasteiger partial charge >= 0.3 is 5.97 Å². The number of hydrogen-bond acceptors (Lipinski definition) is 5. The van der Waals surface area contributed by atoms with Crippen molar-refractivity contribution in [3.05, 3.63) is 35.4 Å². The van der Waals surface area contributed by atoms with Crippen LogP contribution in [-0.4, -0.2) is 50.6 Å². The fraction of sp³-hybridized carbons (Fsp3) is 0.600. The summed E-state index contributed by atoms with van der Waals surface area (Å²) in [6.45, 7) is 3.90. The topological polar surface area (TPSA) is 89.9 Å². The largest absolute Gasteiger partial charge is 0.480 e. The molecule has 2 aliphatic heterocycles. The average Bonchev–Trinajstić information content (AvgIpc) is 2.76. The predicted octanol–water partition coefficient (Wildman–Crippen LogP) is 1.98. The second kappa shape index (κ2) is 8.20. The summed E-state index contributed by atoms with van der Waals surface area (Å²) in [6, 6.07) is 6.08. The first-order valence-corrected chi connectivity index (χ1v) is 10.1. The number of thiol groups is 1. The van der Waals surface area contributed by atoms with Crippen LogP contribution in [0.4, 0.5) is 0 Å². The van der Waals surface area contributed by atoms with Gasteiger partial charge in [0.15, 0.2) is 0 Å². The molecule has 27 heavy (non-hydrogen) atoms. The van der Waals surface area contributed by atoms with E-state index in [4.69, 9.17) is 0 Å². The standard InChI is InChI=1S/C20H28N2O4S/c1-11(2)17(27)18(23)21-14-10-12-6-3-4-7-13(12)15-8-5-9-16(20(25)26)22(15)19(14)24/h3-4,6-7,11,14-18,21,23,27H,5,8-10H2,1-2H3,(H,25,26)/t14-,15+,16-,17-,18?/m0/s1. The van der Waals surface area contributed by atoms with Crippen molar-refractivity contribution in [1.82, 2.24) is 10.2 Å². The molecule has 1 fully saturated rings. The van der Waals surface area contributed by atoms with Gasteiger partial charge < -0.3 is 15.1 Å². The average molecular weight is 393 g/mol. The van der Waals surface area contributed by atoms with Crippen LogP contribution in [0.15, 0.2) is 24.3 Å². The zero-order chi connectivity index (χ0) is 19.7. The molecule has 148 valence electrons. The smallest absolute Gasteiger partial charge is 0.326 e. The monoisotopic (exact) mass is 392 g/mol. The Labute approximate surface area is 165 Å². The van der Waals surface area contributed by atoms with Crippen LogP contribution in [0, 0.1) is 5.92 Å². The molecule has 2 aliphatic rings. The molecule has 1 aromatic rings. The Morgan fingerprint density at radius 1 is 1.30 bits per heavy atom. The summed E-state index contributed by atoms with van der Waals surface area (Å²) >= 11 is 4.44. The van der Waals surface area contributed by atoms with Crippen molar-refractivity contribution >= 4 is 24.5 Å². The van der Waals surface area contributed by atoms with Gasteiger partial charge in [-0.25, -0.2) is 4.79 Å². The van der Waals surface area contributed by atoms with Gasteiger partial charge in [-0.15, -0.1) is 0 Å². The molecule has 5 atom stereocenters. The molecule has 0 aromatic heterocycles. The minimum atomic E-state index is -0.971. The van der Waals surface area contributed by atoms with Gasteiger partial charge in [0.2, 0.25) is 5.91 Å². The molecule has 0 bridgehead atoms. The van der Waals surface area contributed by atoms with E-state index in [1.807, 2.05) is 38.1 Å². The number of nitrogens with zero attached hydrogens (tertiary/aromatic N) is 1. The Morgan fingerprint density at radius 2 is 2.00 bits per heavy atom. The molecular formula is C20H28N2O4S. The van der Waals surface area contributed by atoms with Crippen molar-refractivity contribution in [2.75, 3.05) is 0 Å². The van der Waals surface area contributed by atoms with Crippen LogP contribution in [0.3, 0.4) is 0 Å². The highest BCUT2D eigenvalue weighted by molar-refractivity contribution is 7.81. The molecule has 2 heterocycles. The number of carbonyl (C=O) groups is 2. The lowest BCUT2D eigenvalue weighted by molar-refractivity contribution is -0.156. The molecule has 0 aliphatic carbocycles. The summed E-state index contributed by atoms with van der Waals surface area (Å²) in [4.78, 5) is 26.7. The Bertz CT molecular complexity index is 711. The van der Waals surface area contributed by atoms with Crippen LogP contribution in [0.2, 0.25) is 0 Å². The summed E-state index contributed by atoms with van der Waals surface area (Å²) in [5, 5.41) is 22.9. The van der Waals surface area contributed by atoms with Crippen LogP contribution in [0.25, 0.3) is 0 Å². The first kappa shape index (κ1) is 20.2. The minimum Gasteiger partial charge on any atom is -0.480 e. The van der Waals surface area contributed by atoms with Crippen molar-refractivity contribution in [2.24, 2.45) is 5.92 Å². The van der Waals surface area contributed by atoms with Crippen LogP contribution >= 0.6 is 12.6 Å². The number of carboxylic acids is 1. The van der Waals surface area contributed by atoms with Gasteiger partial charge in [-0.3, -0.25) is 10.1 Å². The summed E-state index contributed by atoms with van der Waals surface area (Å²) in [7, 11) is 0. The molecular weight excluding hydrogens is 364 g/mol. The van der Waals surface area contributed by atoms with Gasteiger partial charge in [0, 0.05) is 5.25 Å². The second-order valence-electron chi connectivity index (χ2n) is 7.85. The van der Waals surface area contributed by atoms with Crippen molar-refractivity contribution < 1.29 is 19.8 Å². The van der Waals surface area contributed by atoms with E-state index in [0.29, 0.717) is 12.8 Å². The van der Waals surface area contributed by atoms with E-state index < -0.39 is 24.3 Å². The van der Waals surface area contributed by atoms with E-state index >= 15 is 0 Å². The molecule has 6 nitrogen and oxygen atoms in total. The SMILES string of the molecule is CC(C)[C@H](S)C(O)N[C@H]1Cc2ccccc2[C@H]2CCC[C@@H](C(=O)O)N2C1=O. The van der Waals surface area contributed by atoms with Gasteiger partial charge in [0.05, 0.1) is 12.1 Å². The Hall–Kier alpha value is -1.57. The maximum atomic E-state index is 13.4. The van der Waals surface area contributed by atoms with E-state index in [9.17, 15) is 19.8 Å². The number of aliphatic hydroxyl groups is 1. The third-order valence-corrected chi connectivity index (χ3v) is 6.56. The number of carboxylic acid groups (broad SMARTS) is 1. The molecule has 0 saturated carbocycles. The zero-order valence-electron chi connectivity index (χ0n) is 15.7. The molecule has 1 unspecified atom stereocenters. The normalized spacial score (nSPS) is 27.5. The lowest BCUT2D eigenvalue weighted by Gasteiger charge is -2.41. The van der Waals surface area contributed by atoms with E-state index in [-0.39, 0.29) is 23.1 Å². The number of rotatable bonds is 5. The van der Waals surface area contributed by atoms with Gasteiger partial charge in [0.25, 0.3) is 0 Å². The van der Waals surface area contributed by atoms with Crippen molar-refractivity contribution in [3.8, 4) is 0 Å². The van der Waals surface area contributed by atoms with Crippen LogP contribution in [0.1, 0.15) is 50.3 Å². The van der Waals surface area contributed by atoms with Crippen LogP contribution in [-0.2, 0) is 16.0 Å². The molecule has 7 heteroatoms. The number of piperidine rings is 1. The molecule has 1 saturated heterocycles. The van der Waals surface area contributed by atoms with E-state index in [2.05, 4.69) is 17.9 Å². The Balaban J connectivity index is 1.97. The Kier molecular flexibility index (Phi) is 6.13. The maximum absolute atomic E-state index is 13.4. The summed E-state index contributed by atoms with van der Waals surface area (Å²) in [5.41, 5.74) is 2.04. The Morgan fingerprint density at radius 3 is 2.67 bits per heavy atom. The number of aliphatic carboxylic acids is 1. The number of amides is 1. The predicted molar refractivity (Wildman–Crippen MR) is 106 cm³/mol. The highest BCUT2D eigenvalue weighted by atomic mass is 32.1. The van der Waals surface area contributed by atoms with Gasteiger partial charge in [-0.2, -0.15) is 12.6 Å². The third kappa shape index (κ3) is 4.00. The number of aliphatic hydroxyl groups excluding tert-OH is 1. The fourth-order valence-corrected chi connectivity index (χ4v) is 4.27. The number of fused-ring (bicyclic) bond motifs is 3. The summed E-state index contributed by atoms with van der Waals surface area (Å²) < 4.78 is 0. The summed E-state index contributed by atoms with van der Waals surface area (Å²) in [5.74, 6) is -1.11. The van der Waals surface area contributed by atoms with Crippen molar-refractivity contribution in [2.45, 2.75) is 69.1 Å². The van der Waals surface area contributed by atoms with Gasteiger partial charge in [-0.05, 0) is 42.7 Å². The van der Waals surface area contributed by atoms with Crippen LogP contribution in [0.5, 0.6) is 0 Å². The van der Waals surface area contributed by atoms with Crippen LogP contribution < -0.4 is 5.32 Å². The highest BCUT2D eigenvalue weighted by Crippen LogP contribution is 2.39. The molecule has 3 N–H and O–H groups in total. The quantitative estimate of drug-likeness (QED) is 0.454. The van der Waals surface area contributed by atoms with E-state index in [1.54, 1.807) is 0 Å². The van der Waals surface area contributed by atoms with E-state index in [0.717, 1.165) is 24.0 Å². The second-order valence-corrected chi connectivity index (χ2v) is 8.44. The van der Waals surface area contributed by atoms with Gasteiger partial charge in [-0.1, -0.05) is 38.1 Å². The number of carbonyl (C=O) groups excluding carboxylic acids is 1. The molecule has 0 spiro atoms. The van der Waals surface area contributed by atoms with Gasteiger partial charge in [0.1, 0.15) is 12.3 Å². The lowest BCUT2D eigenvalue weighted by atomic mass is 9.89. The lowest BCUT2D eigenvalue weighted by Crippen LogP contribution is -2.57. The van der Waals surface area contributed by atoms with Crippen molar-refractivity contribution in [1.29, 1.82) is 0 Å². The van der Waals surface area contributed by atoms with Crippen molar-refractivity contribution in [3.63, 3.8) is 0 Å². The highest BCUT2D eigenvalue weighted by Gasteiger charge is 2.44. The fourth-order valence-electron chi connectivity index (χ4n) is 4.19. The molecule has 1 amide bonds. The van der Waals surface area contributed by atoms with E-state index in [1.165, 1.54) is 4.90 Å². The molecule has 0 radical (unpaired) electrons. The maximum Gasteiger partial charge on any atom is 0.326 e. The first-order valence-electron chi connectivity index (χ1n) is 9.56. The number of benzene rings is 1.